The van der Waals surface area contributed by atoms with E-state index in [4.69, 9.17) is 4.74 Å². The highest BCUT2D eigenvalue weighted by Gasteiger charge is 2.20. The Hall–Kier alpha value is -3.29. The number of hydrogen-bond acceptors (Lipinski definition) is 4. The Morgan fingerprint density at radius 2 is 1.84 bits per heavy atom. The normalized spacial score (nSPS) is 11.0. The molecule has 0 bridgehead atoms. The molecule has 2 aromatic carbocycles. The van der Waals surface area contributed by atoms with Crippen molar-refractivity contribution in [2.45, 2.75) is 19.7 Å². The van der Waals surface area contributed by atoms with Gasteiger partial charge in [-0.15, -0.1) is 11.3 Å². The molecule has 5 nitrogen and oxygen atoms in total. The van der Waals surface area contributed by atoms with Crippen LogP contribution in [0.25, 0.3) is 10.1 Å². The lowest BCUT2D eigenvalue weighted by Gasteiger charge is -2.08. The molecule has 2 aromatic heterocycles. The number of fused-ring (bicyclic) bond motifs is 1. The minimum absolute atomic E-state index is 0.0505. The van der Waals surface area contributed by atoms with Gasteiger partial charge in [0.1, 0.15) is 5.82 Å². The van der Waals surface area contributed by atoms with Crippen molar-refractivity contribution in [1.29, 1.82) is 0 Å². The molecule has 0 atom stereocenters. The van der Waals surface area contributed by atoms with Crippen molar-refractivity contribution in [3.8, 4) is 0 Å². The molecule has 0 aliphatic heterocycles. The molecule has 0 aliphatic carbocycles. The van der Waals surface area contributed by atoms with Crippen molar-refractivity contribution >= 4 is 27.3 Å². The molecule has 0 aliphatic rings. The number of aromatic nitrogens is 1. The summed E-state index contributed by atoms with van der Waals surface area (Å²) in [7, 11) is 1.52. The van der Waals surface area contributed by atoms with E-state index in [1.807, 2.05) is 30.3 Å². The Morgan fingerprint density at radius 3 is 2.58 bits per heavy atom. The molecule has 4 rings (SSSR count). The van der Waals surface area contributed by atoms with Gasteiger partial charge in [0.25, 0.3) is 11.5 Å². The van der Waals surface area contributed by atoms with Crippen LogP contribution in [0.2, 0.25) is 0 Å². The SMILES string of the molecule is COCc1c(C(=O)NCc2ccc(Cn3ccccc3=O)cc2)sc2cccc(F)c12. The minimum Gasteiger partial charge on any atom is -0.380 e. The van der Waals surface area contributed by atoms with Crippen LogP contribution in [0.5, 0.6) is 0 Å². The van der Waals surface area contributed by atoms with E-state index in [0.717, 1.165) is 15.8 Å². The molecule has 31 heavy (non-hydrogen) atoms. The summed E-state index contributed by atoms with van der Waals surface area (Å²) in [5, 5.41) is 3.36. The maximum absolute atomic E-state index is 14.3. The quantitative estimate of drug-likeness (QED) is 0.469. The summed E-state index contributed by atoms with van der Waals surface area (Å²) in [6, 6.07) is 17.6. The van der Waals surface area contributed by atoms with E-state index in [9.17, 15) is 14.0 Å². The summed E-state index contributed by atoms with van der Waals surface area (Å²) in [6.07, 6.45) is 1.75. The Labute approximate surface area is 182 Å². The van der Waals surface area contributed by atoms with Crippen molar-refractivity contribution in [1.82, 2.24) is 9.88 Å². The summed E-state index contributed by atoms with van der Waals surface area (Å²) >= 11 is 1.26. The monoisotopic (exact) mass is 436 g/mol. The minimum atomic E-state index is -0.354. The second-order valence-corrected chi connectivity index (χ2v) is 8.17. The number of methoxy groups -OCH3 is 1. The van der Waals surface area contributed by atoms with Gasteiger partial charge in [-0.3, -0.25) is 9.59 Å². The number of benzene rings is 2. The van der Waals surface area contributed by atoms with Crippen LogP contribution < -0.4 is 10.9 Å². The molecule has 0 saturated heterocycles. The van der Waals surface area contributed by atoms with Crippen LogP contribution in [-0.4, -0.2) is 17.6 Å². The number of pyridine rings is 1. The fraction of sp³-hybridized carbons (Fsp3) is 0.167. The third-order valence-electron chi connectivity index (χ3n) is 4.99. The fourth-order valence-corrected chi connectivity index (χ4v) is 4.58. The topological polar surface area (TPSA) is 60.3 Å². The largest absolute Gasteiger partial charge is 0.380 e. The standard InChI is InChI=1S/C24H21FN2O3S/c1-30-15-18-22-19(25)5-4-6-20(22)31-23(18)24(29)26-13-16-8-10-17(11-9-16)14-27-12-3-2-7-21(27)28/h2-12H,13-15H2,1H3,(H,26,29). The van der Waals surface area contributed by atoms with Gasteiger partial charge in [0.15, 0.2) is 0 Å². The number of carbonyl (C=O) groups excluding carboxylic acids is 1. The lowest BCUT2D eigenvalue weighted by molar-refractivity contribution is 0.0950. The second kappa shape index (κ2) is 9.24. The summed E-state index contributed by atoms with van der Waals surface area (Å²) in [5.41, 5.74) is 2.44. The first-order valence-electron chi connectivity index (χ1n) is 9.77. The van der Waals surface area contributed by atoms with Crippen molar-refractivity contribution < 1.29 is 13.9 Å². The van der Waals surface area contributed by atoms with E-state index in [1.54, 1.807) is 29.0 Å². The number of thiophene rings is 1. The number of hydrogen-bond donors (Lipinski definition) is 1. The van der Waals surface area contributed by atoms with Gasteiger partial charge in [-0.2, -0.15) is 0 Å². The van der Waals surface area contributed by atoms with E-state index in [1.165, 1.54) is 30.6 Å². The van der Waals surface area contributed by atoms with Gasteiger partial charge in [-0.05, 0) is 29.3 Å². The van der Waals surface area contributed by atoms with Gasteiger partial charge in [-0.1, -0.05) is 36.4 Å². The Kier molecular flexibility index (Phi) is 6.25. The highest BCUT2D eigenvalue weighted by atomic mass is 32.1. The first kappa shape index (κ1) is 21.0. The Morgan fingerprint density at radius 1 is 1.06 bits per heavy atom. The molecule has 1 amide bonds. The van der Waals surface area contributed by atoms with E-state index in [0.29, 0.717) is 28.9 Å². The van der Waals surface area contributed by atoms with Crippen LogP contribution in [0, 0.1) is 5.82 Å². The number of nitrogens with one attached hydrogen (secondary N) is 1. The molecule has 0 radical (unpaired) electrons. The number of amides is 1. The number of ether oxygens (including phenoxy) is 1. The summed E-state index contributed by atoms with van der Waals surface area (Å²) < 4.78 is 21.9. The van der Waals surface area contributed by atoms with Gasteiger partial charge in [-0.25, -0.2) is 4.39 Å². The van der Waals surface area contributed by atoms with Gasteiger partial charge in [0.05, 0.1) is 18.0 Å². The summed E-state index contributed by atoms with van der Waals surface area (Å²) in [4.78, 5) is 25.1. The predicted octanol–water partition coefficient (Wildman–Crippen LogP) is 4.33. The molecule has 0 fully saturated rings. The van der Waals surface area contributed by atoms with E-state index in [-0.39, 0.29) is 23.9 Å². The first-order valence-corrected chi connectivity index (χ1v) is 10.6. The predicted molar refractivity (Wildman–Crippen MR) is 120 cm³/mol. The van der Waals surface area contributed by atoms with Gasteiger partial charge >= 0.3 is 0 Å². The van der Waals surface area contributed by atoms with Crippen molar-refractivity contribution in [2.24, 2.45) is 0 Å². The average Bonchev–Trinajstić information content (AvgIpc) is 3.15. The maximum Gasteiger partial charge on any atom is 0.262 e. The molecule has 158 valence electrons. The molecule has 7 heteroatoms. The smallest absolute Gasteiger partial charge is 0.262 e. The van der Waals surface area contributed by atoms with Crippen LogP contribution in [0.15, 0.2) is 71.7 Å². The van der Waals surface area contributed by atoms with Crippen molar-refractivity contribution in [3.63, 3.8) is 0 Å². The average molecular weight is 437 g/mol. The van der Waals surface area contributed by atoms with Crippen molar-refractivity contribution in [2.75, 3.05) is 7.11 Å². The van der Waals surface area contributed by atoms with Crippen LogP contribution in [0.1, 0.15) is 26.4 Å². The zero-order chi connectivity index (χ0) is 21.8. The molecule has 0 unspecified atom stereocenters. The van der Waals surface area contributed by atoms with E-state index in [2.05, 4.69) is 5.32 Å². The molecular weight excluding hydrogens is 415 g/mol. The zero-order valence-corrected chi connectivity index (χ0v) is 17.7. The first-order chi connectivity index (χ1) is 15.1. The summed E-state index contributed by atoms with van der Waals surface area (Å²) in [5.74, 6) is -0.611. The van der Waals surface area contributed by atoms with Crippen LogP contribution >= 0.6 is 11.3 Å². The third kappa shape index (κ3) is 4.57. The molecule has 0 saturated carbocycles. The van der Waals surface area contributed by atoms with Gasteiger partial charge in [0.2, 0.25) is 0 Å². The number of rotatable bonds is 7. The number of halogens is 1. The maximum atomic E-state index is 14.3. The highest BCUT2D eigenvalue weighted by molar-refractivity contribution is 7.21. The lowest BCUT2D eigenvalue weighted by atomic mass is 10.1. The Balaban J connectivity index is 1.47. The third-order valence-corrected chi connectivity index (χ3v) is 6.18. The van der Waals surface area contributed by atoms with E-state index >= 15 is 0 Å². The van der Waals surface area contributed by atoms with Gasteiger partial charge in [0, 0.05) is 41.6 Å². The molecular formula is C24H21FN2O3S. The fourth-order valence-electron chi connectivity index (χ4n) is 3.45. The van der Waals surface area contributed by atoms with E-state index < -0.39 is 0 Å². The molecule has 2 heterocycles. The molecule has 4 aromatic rings. The van der Waals surface area contributed by atoms with Crippen LogP contribution in [-0.2, 0) is 24.4 Å². The Bertz CT molecular complexity index is 1280. The zero-order valence-electron chi connectivity index (χ0n) is 16.9. The highest BCUT2D eigenvalue weighted by Crippen LogP contribution is 2.33. The molecule has 0 spiro atoms. The van der Waals surface area contributed by atoms with Crippen LogP contribution in [0.3, 0.4) is 0 Å². The van der Waals surface area contributed by atoms with Crippen molar-refractivity contribution in [3.05, 3.63) is 105 Å². The second-order valence-electron chi connectivity index (χ2n) is 7.12. The van der Waals surface area contributed by atoms with Crippen LogP contribution in [0.4, 0.5) is 4.39 Å². The number of nitrogens with zero attached hydrogens (tertiary/aromatic N) is 1. The van der Waals surface area contributed by atoms with Gasteiger partial charge < -0.3 is 14.6 Å². The molecule has 1 N–H and O–H groups in total. The number of carbonyl (C=O) groups is 1. The lowest BCUT2D eigenvalue weighted by Crippen LogP contribution is -2.23. The summed E-state index contributed by atoms with van der Waals surface area (Å²) in [6.45, 7) is 0.991.